The first-order valence-corrected chi connectivity index (χ1v) is 7.96. The minimum absolute atomic E-state index is 0.0645. The number of hydrogen-bond acceptors (Lipinski definition) is 3. The van der Waals surface area contributed by atoms with Crippen LogP contribution in [0.1, 0.15) is 10.4 Å². The molecule has 1 heterocycles. The van der Waals surface area contributed by atoms with E-state index >= 15 is 0 Å². The lowest BCUT2D eigenvalue weighted by Gasteiger charge is -2.16. The molecule has 100 valence electrons. The number of nitrogens with zero attached hydrogens (tertiary/aromatic N) is 1. The normalized spacial score (nSPS) is 12.6. The van der Waals surface area contributed by atoms with Crippen LogP contribution in [-0.2, 0) is 10.2 Å². The third kappa shape index (κ3) is 2.33. The summed E-state index contributed by atoms with van der Waals surface area (Å²) in [6, 6.07) is 6.16. The van der Waals surface area contributed by atoms with Crippen molar-refractivity contribution in [2.45, 2.75) is 5.66 Å². The van der Waals surface area contributed by atoms with Gasteiger partial charge in [-0.3, -0.25) is 4.57 Å². The first-order valence-electron chi connectivity index (χ1n) is 4.74. The monoisotopic (exact) mass is 367 g/mol. The van der Waals surface area contributed by atoms with Gasteiger partial charge in [0.25, 0.3) is 0 Å². The van der Waals surface area contributed by atoms with Crippen LogP contribution in [0.3, 0.4) is 0 Å². The fourth-order valence-corrected chi connectivity index (χ4v) is 4.46. The molecule has 19 heavy (non-hydrogen) atoms. The molecule has 0 saturated heterocycles. The molecule has 2 rings (SSSR count). The van der Waals surface area contributed by atoms with Gasteiger partial charge >= 0.3 is 13.3 Å². The quantitative estimate of drug-likeness (QED) is 0.791. The lowest BCUT2D eigenvalue weighted by molar-refractivity contribution is 0.0595. The summed E-state index contributed by atoms with van der Waals surface area (Å²) in [6.07, 6.45) is 0. The Balaban J connectivity index is 2.74. The maximum Gasteiger partial charge on any atom is 0.400 e. The number of hydrogen-bond donors (Lipinski definition) is 2. The Labute approximate surface area is 118 Å². The summed E-state index contributed by atoms with van der Waals surface area (Å²) in [5.41, 5.74) is -3.98. The van der Waals surface area contributed by atoms with Crippen LogP contribution in [0.2, 0.25) is 0 Å². The van der Waals surface area contributed by atoms with Crippen LogP contribution in [-0.4, -0.2) is 9.79 Å². The molecule has 2 N–H and O–H groups in total. The van der Waals surface area contributed by atoms with Gasteiger partial charge in [0.05, 0.1) is 11.6 Å². The summed E-state index contributed by atoms with van der Waals surface area (Å²) >= 11 is 3.48. The fraction of sp³-hybridized carbons (Fsp3) is 0.100. The zero-order valence-corrected chi connectivity index (χ0v) is 12.3. The van der Waals surface area contributed by atoms with E-state index in [2.05, 4.69) is 15.9 Å². The minimum atomic E-state index is -5.61. The topological polar surface area (TPSA) is 81.3 Å². The number of fused-ring (bicyclic) bond motifs is 1. The molecule has 0 aliphatic rings. The van der Waals surface area contributed by atoms with Crippen LogP contribution in [0.4, 0.5) is 8.78 Å². The van der Waals surface area contributed by atoms with Gasteiger partial charge in [-0.1, -0.05) is 6.07 Å². The number of thiophene rings is 1. The van der Waals surface area contributed by atoms with Gasteiger partial charge in [-0.2, -0.15) is 14.0 Å². The first-order chi connectivity index (χ1) is 8.68. The van der Waals surface area contributed by atoms with Gasteiger partial charge in [-0.25, -0.2) is 0 Å². The smallest absolute Gasteiger partial charge is 0.320 e. The summed E-state index contributed by atoms with van der Waals surface area (Å²) in [4.78, 5) is 16.7. The van der Waals surface area contributed by atoms with Crippen LogP contribution in [0, 0.1) is 11.3 Å². The molecule has 0 amide bonds. The van der Waals surface area contributed by atoms with Crippen molar-refractivity contribution in [2.75, 3.05) is 0 Å². The van der Waals surface area contributed by atoms with E-state index in [0.717, 1.165) is 0 Å². The lowest BCUT2D eigenvalue weighted by atomic mass is 10.2. The van der Waals surface area contributed by atoms with Gasteiger partial charge in [0, 0.05) is 14.6 Å². The number of halogens is 3. The Morgan fingerprint density at radius 1 is 1.42 bits per heavy atom. The molecular formula is C10H5BrF2NO3PS. The van der Waals surface area contributed by atoms with Crippen LogP contribution in [0.5, 0.6) is 0 Å². The standard InChI is InChI=1S/C10H5BrF2NO3PS/c11-8-6-2-1-5(4-14)3-7(6)19-9(8)10(12,13)18(15,16)17/h1-3H,(H2,15,16,17). The average Bonchev–Trinajstić information content (AvgIpc) is 2.65. The van der Waals surface area contributed by atoms with Gasteiger partial charge in [-0.05, 0) is 28.1 Å². The van der Waals surface area contributed by atoms with E-state index in [-0.39, 0.29) is 10.0 Å². The molecule has 0 radical (unpaired) electrons. The zero-order chi connectivity index (χ0) is 14.4. The molecule has 0 atom stereocenters. The van der Waals surface area contributed by atoms with Crippen molar-refractivity contribution >= 4 is 44.9 Å². The molecule has 1 aromatic heterocycles. The van der Waals surface area contributed by atoms with E-state index in [0.29, 0.717) is 21.4 Å². The second-order valence-electron chi connectivity index (χ2n) is 3.65. The highest BCUT2D eigenvalue weighted by atomic mass is 79.9. The Bertz CT molecular complexity index is 749. The molecule has 0 aliphatic heterocycles. The van der Waals surface area contributed by atoms with Gasteiger partial charge in [0.1, 0.15) is 4.88 Å². The van der Waals surface area contributed by atoms with E-state index in [1.165, 1.54) is 18.2 Å². The number of alkyl halides is 2. The van der Waals surface area contributed by atoms with E-state index in [4.69, 9.17) is 15.0 Å². The van der Waals surface area contributed by atoms with Crippen LogP contribution in [0.15, 0.2) is 22.7 Å². The molecule has 2 aromatic rings. The van der Waals surface area contributed by atoms with E-state index in [1.807, 2.05) is 6.07 Å². The molecular weight excluding hydrogens is 363 g/mol. The minimum Gasteiger partial charge on any atom is -0.320 e. The van der Waals surface area contributed by atoms with Crippen LogP contribution >= 0.6 is 34.9 Å². The zero-order valence-electron chi connectivity index (χ0n) is 8.97. The number of nitriles is 1. The van der Waals surface area contributed by atoms with Crippen LogP contribution in [0.25, 0.3) is 10.1 Å². The van der Waals surface area contributed by atoms with Gasteiger partial charge in [0.15, 0.2) is 0 Å². The molecule has 9 heteroatoms. The predicted octanol–water partition coefficient (Wildman–Crippen LogP) is 3.76. The van der Waals surface area contributed by atoms with Gasteiger partial charge in [0.2, 0.25) is 0 Å². The Hall–Kier alpha value is -0.840. The van der Waals surface area contributed by atoms with Crippen molar-refractivity contribution in [1.29, 1.82) is 5.26 Å². The van der Waals surface area contributed by atoms with Crippen molar-refractivity contribution in [3.8, 4) is 6.07 Å². The highest BCUT2D eigenvalue weighted by molar-refractivity contribution is 9.10. The SMILES string of the molecule is N#Cc1ccc2c(Br)c(C(F)(F)P(=O)(O)O)sc2c1. The molecule has 0 aliphatic carbocycles. The Morgan fingerprint density at radius 3 is 2.58 bits per heavy atom. The summed E-state index contributed by atoms with van der Waals surface area (Å²) in [5.74, 6) is 0. The lowest BCUT2D eigenvalue weighted by Crippen LogP contribution is -2.12. The summed E-state index contributed by atoms with van der Waals surface area (Å²) in [7, 11) is -5.61. The maximum absolute atomic E-state index is 13.7. The van der Waals surface area contributed by atoms with Crippen molar-refractivity contribution in [3.05, 3.63) is 33.1 Å². The second kappa shape index (κ2) is 4.62. The summed E-state index contributed by atoms with van der Waals surface area (Å²) in [5, 5.41) is 9.11. The third-order valence-corrected chi connectivity index (χ3v) is 5.81. The van der Waals surface area contributed by atoms with Crippen LogP contribution < -0.4 is 0 Å². The first kappa shape index (κ1) is 14.6. The van der Waals surface area contributed by atoms with Crippen molar-refractivity contribution in [1.82, 2.24) is 0 Å². The molecule has 0 spiro atoms. The average molecular weight is 368 g/mol. The van der Waals surface area contributed by atoms with E-state index in [1.54, 1.807) is 0 Å². The third-order valence-electron chi connectivity index (χ3n) is 2.40. The molecule has 1 aromatic carbocycles. The molecule has 0 unspecified atom stereocenters. The highest BCUT2D eigenvalue weighted by Gasteiger charge is 2.53. The van der Waals surface area contributed by atoms with E-state index in [9.17, 15) is 13.3 Å². The Morgan fingerprint density at radius 2 is 2.05 bits per heavy atom. The molecule has 0 fully saturated rings. The van der Waals surface area contributed by atoms with Crippen molar-refractivity contribution in [2.24, 2.45) is 0 Å². The highest BCUT2D eigenvalue weighted by Crippen LogP contribution is 2.62. The summed E-state index contributed by atoms with van der Waals surface area (Å²) in [6.45, 7) is 0. The predicted molar refractivity (Wildman–Crippen MR) is 70.2 cm³/mol. The second-order valence-corrected chi connectivity index (χ2v) is 7.15. The number of benzene rings is 1. The van der Waals surface area contributed by atoms with E-state index < -0.39 is 18.1 Å². The number of rotatable bonds is 2. The molecule has 0 saturated carbocycles. The molecule has 4 nitrogen and oxygen atoms in total. The van der Waals surface area contributed by atoms with Crippen molar-refractivity contribution < 1.29 is 23.1 Å². The Kier molecular flexibility index (Phi) is 3.54. The maximum atomic E-state index is 13.7. The molecule has 0 bridgehead atoms. The van der Waals surface area contributed by atoms with Crippen molar-refractivity contribution in [3.63, 3.8) is 0 Å². The fourth-order valence-electron chi connectivity index (χ4n) is 1.46. The van der Waals surface area contributed by atoms with Gasteiger partial charge < -0.3 is 9.79 Å². The largest absolute Gasteiger partial charge is 0.400 e. The van der Waals surface area contributed by atoms with Gasteiger partial charge in [-0.15, -0.1) is 11.3 Å². The summed E-state index contributed by atoms with van der Waals surface area (Å²) < 4.78 is 38.6.